The van der Waals surface area contributed by atoms with Crippen LogP contribution in [-0.4, -0.2) is 5.97 Å². The van der Waals surface area contributed by atoms with Crippen LogP contribution < -0.4 is 0 Å². The van der Waals surface area contributed by atoms with E-state index in [0.717, 1.165) is 0 Å². The summed E-state index contributed by atoms with van der Waals surface area (Å²) in [5.74, 6) is 0.305. The maximum absolute atomic E-state index is 10.9. The van der Waals surface area contributed by atoms with Crippen molar-refractivity contribution in [2.75, 3.05) is 0 Å². The van der Waals surface area contributed by atoms with Gasteiger partial charge in [0.25, 0.3) is 0 Å². The van der Waals surface area contributed by atoms with Gasteiger partial charge in [0.2, 0.25) is 0 Å². The Labute approximate surface area is 68.9 Å². The van der Waals surface area contributed by atoms with Crippen molar-refractivity contribution in [3.05, 3.63) is 42.1 Å². The lowest BCUT2D eigenvalue weighted by atomic mass is 10.2. The Kier molecular flexibility index (Phi) is 1.55. The second-order valence-electron chi connectivity index (χ2n) is 2.32. The van der Waals surface area contributed by atoms with Crippen LogP contribution in [0.2, 0.25) is 0 Å². The van der Waals surface area contributed by atoms with E-state index in [9.17, 15) is 4.79 Å². The summed E-state index contributed by atoms with van der Waals surface area (Å²) >= 11 is 0. The zero-order valence-electron chi connectivity index (χ0n) is 6.19. The monoisotopic (exact) mass is 162 g/mol. The Hall–Kier alpha value is -1.77. The van der Waals surface area contributed by atoms with Crippen LogP contribution in [0.3, 0.4) is 0 Å². The van der Waals surface area contributed by atoms with Crippen LogP contribution >= 0.6 is 0 Å². The van der Waals surface area contributed by atoms with Gasteiger partial charge in [-0.25, -0.2) is 4.79 Å². The van der Waals surface area contributed by atoms with Crippen molar-refractivity contribution in [2.45, 2.75) is 0 Å². The van der Waals surface area contributed by atoms with Crippen molar-refractivity contribution in [1.82, 2.24) is 0 Å². The summed E-state index contributed by atoms with van der Waals surface area (Å²) in [6.07, 6.45) is 6.14. The van der Waals surface area contributed by atoms with Gasteiger partial charge in [-0.15, -0.1) is 0 Å². The molecule has 0 N–H and O–H groups in total. The van der Waals surface area contributed by atoms with Gasteiger partial charge in [-0.05, 0) is 24.3 Å². The molecule has 0 aromatic carbocycles. The molecule has 1 aromatic rings. The molecule has 0 amide bonds. The summed E-state index contributed by atoms with van der Waals surface area (Å²) in [4.78, 5) is 10.9. The van der Waals surface area contributed by atoms with Gasteiger partial charge in [-0.2, -0.15) is 0 Å². The van der Waals surface area contributed by atoms with Crippen molar-refractivity contribution < 1.29 is 13.9 Å². The lowest BCUT2D eigenvalue weighted by Gasteiger charge is -1.88. The summed E-state index contributed by atoms with van der Waals surface area (Å²) in [6.45, 7) is 0. The number of carbonyl (C=O) groups is 1. The first-order chi connectivity index (χ1) is 5.86. The average Bonchev–Trinajstić information content (AvgIpc) is 2.65. The van der Waals surface area contributed by atoms with Crippen molar-refractivity contribution in [2.24, 2.45) is 0 Å². The van der Waals surface area contributed by atoms with Crippen molar-refractivity contribution in [1.29, 1.82) is 0 Å². The third-order valence-electron chi connectivity index (χ3n) is 1.50. The highest BCUT2D eigenvalue weighted by Gasteiger charge is 2.12. The fourth-order valence-electron chi connectivity index (χ4n) is 0.939. The number of hydrogen-bond acceptors (Lipinski definition) is 3. The minimum atomic E-state index is -0.341. The fraction of sp³-hybridized carbons (Fsp3) is 0. The second kappa shape index (κ2) is 2.70. The molecule has 0 aliphatic carbocycles. The molecule has 0 fully saturated rings. The summed E-state index contributed by atoms with van der Waals surface area (Å²) in [5, 5.41) is 0. The number of carbonyl (C=O) groups excluding carboxylic acids is 1. The normalized spacial score (nSPS) is 18.7. The molecule has 1 aromatic heterocycles. The van der Waals surface area contributed by atoms with Gasteiger partial charge >= 0.3 is 5.97 Å². The van der Waals surface area contributed by atoms with Crippen LogP contribution in [0.25, 0.3) is 6.08 Å². The van der Waals surface area contributed by atoms with Crippen LogP contribution in [0.1, 0.15) is 5.76 Å². The fourth-order valence-corrected chi connectivity index (χ4v) is 0.939. The van der Waals surface area contributed by atoms with E-state index in [1.807, 2.05) is 0 Å². The van der Waals surface area contributed by atoms with Gasteiger partial charge in [0, 0.05) is 0 Å². The molecule has 3 heteroatoms. The highest BCUT2D eigenvalue weighted by Crippen LogP contribution is 2.14. The van der Waals surface area contributed by atoms with E-state index in [4.69, 9.17) is 4.42 Å². The van der Waals surface area contributed by atoms with E-state index in [0.29, 0.717) is 11.3 Å². The smallest absolute Gasteiger partial charge is 0.343 e. The van der Waals surface area contributed by atoms with Gasteiger partial charge in [0.1, 0.15) is 5.76 Å². The predicted molar refractivity (Wildman–Crippen MR) is 41.9 cm³/mol. The molecule has 1 aliphatic heterocycles. The van der Waals surface area contributed by atoms with E-state index < -0.39 is 0 Å². The minimum absolute atomic E-state index is 0.341. The number of esters is 1. The first-order valence-corrected chi connectivity index (χ1v) is 3.49. The third-order valence-corrected chi connectivity index (χ3v) is 1.50. The third kappa shape index (κ3) is 1.16. The highest BCUT2D eigenvalue weighted by atomic mass is 16.5. The first-order valence-electron chi connectivity index (χ1n) is 3.49. The van der Waals surface area contributed by atoms with Crippen LogP contribution in [-0.2, 0) is 9.53 Å². The molecule has 0 bridgehead atoms. The van der Waals surface area contributed by atoms with Crippen molar-refractivity contribution >= 4 is 12.0 Å². The molecule has 0 unspecified atom stereocenters. The van der Waals surface area contributed by atoms with Gasteiger partial charge in [-0.1, -0.05) is 0 Å². The molecule has 0 atom stereocenters. The molecule has 3 nitrogen and oxygen atoms in total. The molecule has 2 heterocycles. The SMILES string of the molecule is O=C1OC=CC1=Cc1ccco1. The molecule has 60 valence electrons. The summed E-state index contributed by atoms with van der Waals surface area (Å²) < 4.78 is 9.61. The Balaban J connectivity index is 2.29. The van der Waals surface area contributed by atoms with Gasteiger partial charge < -0.3 is 9.15 Å². The van der Waals surface area contributed by atoms with Crippen LogP contribution in [0.15, 0.2) is 40.7 Å². The van der Waals surface area contributed by atoms with Gasteiger partial charge in [-0.3, -0.25) is 0 Å². The molecule has 0 saturated heterocycles. The quantitative estimate of drug-likeness (QED) is 0.466. The Morgan fingerprint density at radius 1 is 1.42 bits per heavy atom. The van der Waals surface area contributed by atoms with E-state index in [2.05, 4.69) is 4.74 Å². The van der Waals surface area contributed by atoms with Crippen molar-refractivity contribution in [3.8, 4) is 0 Å². The maximum atomic E-state index is 10.9. The maximum Gasteiger partial charge on any atom is 0.343 e. The molecule has 0 spiro atoms. The van der Waals surface area contributed by atoms with Crippen molar-refractivity contribution in [3.63, 3.8) is 0 Å². The first kappa shape index (κ1) is 6.91. The van der Waals surface area contributed by atoms with Gasteiger partial charge in [0.05, 0.1) is 18.1 Å². The number of furan rings is 1. The highest BCUT2D eigenvalue weighted by molar-refractivity contribution is 5.98. The molecule has 1 aliphatic rings. The molecule has 0 radical (unpaired) electrons. The Morgan fingerprint density at radius 3 is 2.92 bits per heavy atom. The predicted octanol–water partition coefficient (Wildman–Crippen LogP) is 1.73. The van der Waals surface area contributed by atoms with E-state index in [1.54, 1.807) is 30.5 Å². The summed E-state index contributed by atoms with van der Waals surface area (Å²) in [7, 11) is 0. The number of ether oxygens (including phenoxy) is 1. The molecular formula is C9H6O3. The molecular weight excluding hydrogens is 156 g/mol. The standard InChI is InChI=1S/C9H6O3/c10-9-7(3-5-12-9)6-8-2-1-4-11-8/h1-6H. The summed E-state index contributed by atoms with van der Waals surface area (Å²) in [6, 6.07) is 3.53. The zero-order chi connectivity index (χ0) is 8.39. The van der Waals surface area contributed by atoms with E-state index in [1.165, 1.54) is 6.26 Å². The Bertz CT molecular complexity index is 344. The lowest BCUT2D eigenvalue weighted by molar-refractivity contribution is -0.131. The Morgan fingerprint density at radius 2 is 2.33 bits per heavy atom. The van der Waals surface area contributed by atoms with E-state index in [-0.39, 0.29) is 5.97 Å². The minimum Gasteiger partial charge on any atom is -0.465 e. The van der Waals surface area contributed by atoms with Crippen LogP contribution in [0.4, 0.5) is 0 Å². The van der Waals surface area contributed by atoms with Crippen LogP contribution in [0, 0.1) is 0 Å². The molecule has 2 rings (SSSR count). The van der Waals surface area contributed by atoms with Crippen LogP contribution in [0.5, 0.6) is 0 Å². The van der Waals surface area contributed by atoms with Gasteiger partial charge in [0.15, 0.2) is 0 Å². The number of rotatable bonds is 1. The molecule has 12 heavy (non-hydrogen) atoms. The largest absolute Gasteiger partial charge is 0.465 e. The summed E-state index contributed by atoms with van der Waals surface area (Å²) in [5.41, 5.74) is 0.505. The molecule has 0 saturated carbocycles. The lowest BCUT2D eigenvalue weighted by Crippen LogP contribution is -1.94. The topological polar surface area (TPSA) is 39.4 Å². The zero-order valence-corrected chi connectivity index (χ0v) is 6.19. The number of hydrogen-bond donors (Lipinski definition) is 0. The second-order valence-corrected chi connectivity index (χ2v) is 2.32. The van der Waals surface area contributed by atoms with E-state index >= 15 is 0 Å². The number of cyclic esters (lactones) is 1. The average molecular weight is 162 g/mol.